The van der Waals surface area contributed by atoms with Gasteiger partial charge in [0.1, 0.15) is 5.60 Å². The smallest absolute Gasteiger partial charge is 0.407 e. The van der Waals surface area contributed by atoms with E-state index < -0.39 is 29.6 Å². The van der Waals surface area contributed by atoms with Crippen molar-refractivity contribution in [3.63, 3.8) is 0 Å². The predicted molar refractivity (Wildman–Crippen MR) is 177 cm³/mol. The summed E-state index contributed by atoms with van der Waals surface area (Å²) >= 11 is 0. The van der Waals surface area contributed by atoms with Crippen LogP contribution in [0.2, 0.25) is 0 Å². The lowest BCUT2D eigenvalue weighted by Crippen LogP contribution is -2.50. The first kappa shape index (κ1) is 32.6. The minimum absolute atomic E-state index is 0.197. The maximum atomic E-state index is 14.1. The Morgan fingerprint density at radius 3 is 2.43 bits per heavy atom. The van der Waals surface area contributed by atoms with Gasteiger partial charge < -0.3 is 15.8 Å². The van der Waals surface area contributed by atoms with Crippen molar-refractivity contribution in [1.29, 1.82) is 0 Å². The molecule has 2 aromatic carbocycles. The lowest BCUT2D eigenvalue weighted by Gasteiger charge is -2.32. The fraction of sp³-hybridized carbons (Fsp3) is 0.400. The van der Waals surface area contributed by atoms with Gasteiger partial charge in [-0.25, -0.2) is 9.69 Å². The highest BCUT2D eigenvalue weighted by molar-refractivity contribution is 6.17. The van der Waals surface area contributed by atoms with Gasteiger partial charge in [-0.05, 0) is 101 Å². The zero-order valence-electron chi connectivity index (χ0n) is 26.8. The molecule has 0 aliphatic heterocycles. The Morgan fingerprint density at radius 2 is 1.76 bits per heavy atom. The predicted octanol–water partition coefficient (Wildman–Crippen LogP) is 4.99. The highest BCUT2D eigenvalue weighted by Crippen LogP contribution is 2.32. The first-order valence-corrected chi connectivity index (χ1v) is 15.7. The maximum Gasteiger partial charge on any atom is 0.407 e. The van der Waals surface area contributed by atoms with E-state index in [1.165, 1.54) is 4.90 Å². The van der Waals surface area contributed by atoms with E-state index in [-0.39, 0.29) is 23.8 Å². The van der Waals surface area contributed by atoms with Crippen LogP contribution in [0.15, 0.2) is 65.6 Å². The van der Waals surface area contributed by atoms with Crippen LogP contribution in [0.25, 0.3) is 22.0 Å². The van der Waals surface area contributed by atoms with Gasteiger partial charge >= 0.3 is 6.09 Å². The minimum atomic E-state index is -0.981. The van der Waals surface area contributed by atoms with Crippen LogP contribution < -0.4 is 21.5 Å². The Kier molecular flexibility index (Phi) is 9.71. The van der Waals surface area contributed by atoms with Crippen LogP contribution in [0.5, 0.6) is 0 Å². The van der Waals surface area contributed by atoms with Crippen LogP contribution in [-0.4, -0.2) is 51.3 Å². The summed E-state index contributed by atoms with van der Waals surface area (Å²) in [5.74, 6) is -1.03. The number of imide groups is 1. The minimum Gasteiger partial charge on any atom is -0.444 e. The van der Waals surface area contributed by atoms with Gasteiger partial charge in [0.05, 0.1) is 22.6 Å². The Bertz CT molecular complexity index is 1760. The summed E-state index contributed by atoms with van der Waals surface area (Å²) in [7, 11) is 0. The molecule has 1 aliphatic rings. The summed E-state index contributed by atoms with van der Waals surface area (Å²) in [5, 5.41) is 8.60. The number of aromatic amines is 2. The van der Waals surface area contributed by atoms with Crippen LogP contribution in [0.3, 0.4) is 0 Å². The monoisotopic (exact) mass is 626 g/mol. The average molecular weight is 627 g/mol. The van der Waals surface area contributed by atoms with E-state index in [4.69, 9.17) is 10.5 Å². The number of aryl methyl sites for hydroxylation is 1. The molecule has 1 saturated carbocycles. The van der Waals surface area contributed by atoms with Gasteiger partial charge in [0, 0.05) is 29.9 Å². The summed E-state index contributed by atoms with van der Waals surface area (Å²) in [4.78, 5) is 57.8. The van der Waals surface area contributed by atoms with Crippen LogP contribution in [0, 0.1) is 18.8 Å². The molecule has 0 unspecified atom stereocenters. The van der Waals surface area contributed by atoms with Crippen LogP contribution >= 0.6 is 0 Å². The van der Waals surface area contributed by atoms with E-state index in [2.05, 4.69) is 20.5 Å². The van der Waals surface area contributed by atoms with Crippen molar-refractivity contribution in [3.8, 4) is 11.1 Å². The number of alkyl carbamates (subject to hydrolysis) is 1. The SMILES string of the molecule is Cc1ncccc1-c1ccc(C[C@H](N)C(=O)N(C(=O)C2CCC(CNC(=O)OC(C)(C)C)CC2)c2ccc3c(=O)[nH][nH]c3c2)cc1. The molecule has 242 valence electrons. The highest BCUT2D eigenvalue weighted by Gasteiger charge is 2.35. The Morgan fingerprint density at radius 1 is 1.04 bits per heavy atom. The van der Waals surface area contributed by atoms with Crippen molar-refractivity contribution >= 4 is 34.5 Å². The van der Waals surface area contributed by atoms with Crippen molar-refractivity contribution in [2.45, 2.75) is 71.4 Å². The third-order valence-electron chi connectivity index (χ3n) is 8.43. The standard InChI is InChI=1S/C35H42N6O5/c1-21-27(6-5-17-37-21)24-11-7-22(8-12-24)18-29(36)33(44)41(26-15-16-28-30(19-26)39-40-31(28)42)32(43)25-13-9-23(10-14-25)20-38-34(45)46-35(2,3)4/h5-8,11-12,15-17,19,23,25,29H,9-10,13-14,18,20,36H2,1-4H3,(H,38,45)(H2,39,40,42)/t23?,25?,29-/m0/s1. The van der Waals surface area contributed by atoms with Crippen molar-refractivity contribution in [1.82, 2.24) is 20.5 Å². The van der Waals surface area contributed by atoms with Gasteiger partial charge in [-0.1, -0.05) is 30.3 Å². The van der Waals surface area contributed by atoms with Crippen LogP contribution in [0.4, 0.5) is 10.5 Å². The number of fused-ring (bicyclic) bond motifs is 1. The van der Waals surface area contributed by atoms with E-state index in [1.807, 2.05) is 64.1 Å². The van der Waals surface area contributed by atoms with Gasteiger partial charge in [0.15, 0.2) is 0 Å². The van der Waals surface area contributed by atoms with E-state index in [9.17, 15) is 19.2 Å². The van der Waals surface area contributed by atoms with E-state index in [0.29, 0.717) is 48.8 Å². The molecule has 0 spiro atoms. The van der Waals surface area contributed by atoms with Gasteiger partial charge in [0.25, 0.3) is 11.5 Å². The third kappa shape index (κ3) is 7.71. The second-order valence-electron chi connectivity index (χ2n) is 13.1. The summed E-state index contributed by atoms with van der Waals surface area (Å²) in [6, 6.07) is 15.6. The number of amides is 3. The summed E-state index contributed by atoms with van der Waals surface area (Å²) in [6.45, 7) is 7.85. The second kappa shape index (κ2) is 13.7. The molecule has 2 heterocycles. The topological polar surface area (TPSA) is 163 Å². The molecule has 5 rings (SSSR count). The van der Waals surface area contributed by atoms with Crippen molar-refractivity contribution in [2.75, 3.05) is 11.4 Å². The molecule has 3 amide bonds. The van der Waals surface area contributed by atoms with Crippen LogP contribution in [0.1, 0.15) is 57.7 Å². The number of nitrogens with zero attached hydrogens (tertiary/aromatic N) is 2. The first-order chi connectivity index (χ1) is 21.9. The first-order valence-electron chi connectivity index (χ1n) is 15.7. The maximum absolute atomic E-state index is 14.1. The molecule has 11 heteroatoms. The molecule has 1 fully saturated rings. The van der Waals surface area contributed by atoms with Crippen molar-refractivity contribution in [2.24, 2.45) is 17.6 Å². The number of ether oxygens (including phenoxy) is 1. The van der Waals surface area contributed by atoms with E-state index >= 15 is 0 Å². The number of nitrogens with one attached hydrogen (secondary N) is 3. The molecular weight excluding hydrogens is 584 g/mol. The number of nitrogens with two attached hydrogens (primary N) is 1. The number of anilines is 1. The lowest BCUT2D eigenvalue weighted by molar-refractivity contribution is -0.130. The number of rotatable bonds is 8. The summed E-state index contributed by atoms with van der Waals surface area (Å²) in [6.07, 6.45) is 4.10. The molecule has 0 bridgehead atoms. The number of hydrogen-bond acceptors (Lipinski definition) is 7. The number of carbonyl (C=O) groups is 3. The van der Waals surface area contributed by atoms with Crippen LogP contribution in [-0.2, 0) is 20.7 Å². The molecule has 46 heavy (non-hydrogen) atoms. The molecule has 0 radical (unpaired) electrons. The Balaban J connectivity index is 1.30. The van der Waals surface area contributed by atoms with Gasteiger partial charge in [0.2, 0.25) is 5.91 Å². The molecule has 1 atom stereocenters. The fourth-order valence-electron chi connectivity index (χ4n) is 5.98. The summed E-state index contributed by atoms with van der Waals surface area (Å²) in [5.41, 5.74) is 10.3. The third-order valence-corrected chi connectivity index (χ3v) is 8.43. The molecule has 11 nitrogen and oxygen atoms in total. The summed E-state index contributed by atoms with van der Waals surface area (Å²) < 4.78 is 5.34. The van der Waals surface area contributed by atoms with E-state index in [0.717, 1.165) is 22.4 Å². The number of aromatic nitrogens is 3. The number of H-pyrrole nitrogens is 2. The average Bonchev–Trinajstić information content (AvgIpc) is 3.40. The zero-order chi connectivity index (χ0) is 33.0. The van der Waals surface area contributed by atoms with Crippen molar-refractivity contribution in [3.05, 3.63) is 82.4 Å². The number of carbonyl (C=O) groups excluding carboxylic acids is 3. The Labute approximate surface area is 267 Å². The molecule has 1 aliphatic carbocycles. The van der Waals surface area contributed by atoms with Gasteiger partial charge in [-0.2, -0.15) is 0 Å². The quantitative estimate of drug-likeness (QED) is 0.214. The van der Waals surface area contributed by atoms with Gasteiger partial charge in [-0.3, -0.25) is 29.6 Å². The van der Waals surface area contributed by atoms with Crippen molar-refractivity contribution < 1.29 is 19.1 Å². The second-order valence-corrected chi connectivity index (χ2v) is 13.1. The number of benzene rings is 2. The molecule has 2 aromatic heterocycles. The highest BCUT2D eigenvalue weighted by atomic mass is 16.6. The van der Waals surface area contributed by atoms with E-state index in [1.54, 1.807) is 24.4 Å². The molecular formula is C35H42N6O5. The number of hydrogen-bond donors (Lipinski definition) is 4. The van der Waals surface area contributed by atoms with Gasteiger partial charge in [-0.15, -0.1) is 0 Å². The fourth-order valence-corrected chi connectivity index (χ4v) is 5.98. The lowest BCUT2D eigenvalue weighted by atomic mass is 9.81. The molecule has 5 N–H and O–H groups in total. The zero-order valence-corrected chi connectivity index (χ0v) is 26.8. The Hall–Kier alpha value is -4.77. The largest absolute Gasteiger partial charge is 0.444 e. The normalized spacial score (nSPS) is 17.3. The number of pyridine rings is 1. The molecule has 0 saturated heterocycles. The molecule has 4 aromatic rings.